The Hall–Kier alpha value is -1.02. The van der Waals surface area contributed by atoms with E-state index < -0.39 is 0 Å². The number of aliphatic hydroxyl groups is 1. The lowest BCUT2D eigenvalue weighted by atomic mass is 9.69. The first-order valence-electron chi connectivity index (χ1n) is 7.32. The molecule has 0 amide bonds. The Balaban J connectivity index is 2.05. The van der Waals surface area contributed by atoms with Crippen LogP contribution < -0.4 is 5.32 Å². The van der Waals surface area contributed by atoms with Gasteiger partial charge in [-0.15, -0.1) is 0 Å². The smallest absolute Gasteiger partial charge is 0.0504 e. The average Bonchev–Trinajstić information content (AvgIpc) is 2.28. The molecule has 1 aromatic rings. The van der Waals surface area contributed by atoms with E-state index in [4.69, 9.17) is 0 Å². The van der Waals surface area contributed by atoms with E-state index in [0.29, 0.717) is 6.61 Å². The van der Waals surface area contributed by atoms with Gasteiger partial charge in [0.05, 0.1) is 6.61 Å². The van der Waals surface area contributed by atoms with Crippen molar-refractivity contribution in [3.05, 3.63) is 29.3 Å². The highest BCUT2D eigenvalue weighted by Gasteiger charge is 2.36. The highest BCUT2D eigenvalue weighted by Crippen LogP contribution is 2.40. The Bertz CT molecular complexity index is 436. The average molecular weight is 261 g/mol. The van der Waals surface area contributed by atoms with Crippen molar-refractivity contribution in [2.75, 3.05) is 18.5 Å². The summed E-state index contributed by atoms with van der Waals surface area (Å²) in [6, 6.07) is 6.66. The first kappa shape index (κ1) is 14.4. The summed E-state index contributed by atoms with van der Waals surface area (Å²) in [6.07, 6.45) is 3.55. The highest BCUT2D eigenvalue weighted by atomic mass is 16.3. The van der Waals surface area contributed by atoms with E-state index in [2.05, 4.69) is 51.2 Å². The van der Waals surface area contributed by atoms with Crippen LogP contribution in [0, 0.1) is 12.3 Å². The van der Waals surface area contributed by atoms with Crippen LogP contribution in [0.3, 0.4) is 0 Å². The van der Waals surface area contributed by atoms with Crippen LogP contribution in [0.25, 0.3) is 0 Å². The Morgan fingerprint density at radius 2 is 1.95 bits per heavy atom. The number of anilines is 1. The molecule has 2 N–H and O–H groups in total. The normalized spacial score (nSPS) is 17.9. The Morgan fingerprint density at radius 1 is 1.26 bits per heavy atom. The van der Waals surface area contributed by atoms with Gasteiger partial charge in [-0.05, 0) is 42.4 Å². The van der Waals surface area contributed by atoms with Crippen LogP contribution in [-0.4, -0.2) is 18.3 Å². The molecule has 0 saturated heterocycles. The fourth-order valence-electron chi connectivity index (χ4n) is 2.68. The summed E-state index contributed by atoms with van der Waals surface area (Å²) in [5.41, 5.74) is 4.20. The zero-order valence-electron chi connectivity index (χ0n) is 12.7. The standard InChI is InChI=1S/C17H27NO/c1-13-10-14(16(2,3)4)6-7-15(13)18-11-17(12-19)8-5-9-17/h6-7,10,18-19H,5,8-9,11-12H2,1-4H3. The fraction of sp³-hybridized carbons (Fsp3) is 0.647. The van der Waals surface area contributed by atoms with Crippen molar-refractivity contribution in [1.29, 1.82) is 0 Å². The van der Waals surface area contributed by atoms with E-state index in [1.54, 1.807) is 0 Å². The zero-order valence-corrected chi connectivity index (χ0v) is 12.7. The minimum Gasteiger partial charge on any atom is -0.396 e. The Morgan fingerprint density at radius 3 is 2.37 bits per heavy atom. The molecule has 1 saturated carbocycles. The van der Waals surface area contributed by atoms with Gasteiger partial charge in [-0.3, -0.25) is 0 Å². The Labute approximate surface area is 117 Å². The zero-order chi connectivity index (χ0) is 14.1. The monoisotopic (exact) mass is 261 g/mol. The molecule has 0 aliphatic heterocycles. The molecule has 0 radical (unpaired) electrons. The summed E-state index contributed by atoms with van der Waals surface area (Å²) in [5.74, 6) is 0. The minimum absolute atomic E-state index is 0.134. The SMILES string of the molecule is Cc1cc(C(C)(C)C)ccc1NCC1(CO)CCC1. The molecular formula is C17H27NO. The van der Waals surface area contributed by atoms with E-state index in [-0.39, 0.29) is 10.8 Å². The second kappa shape index (κ2) is 5.16. The molecule has 1 aliphatic rings. The third-order valence-electron chi connectivity index (χ3n) is 4.50. The predicted octanol–water partition coefficient (Wildman–Crippen LogP) is 3.87. The largest absolute Gasteiger partial charge is 0.396 e. The van der Waals surface area contributed by atoms with Gasteiger partial charge in [-0.2, -0.15) is 0 Å². The molecule has 106 valence electrons. The molecule has 0 atom stereocenters. The van der Waals surface area contributed by atoms with Gasteiger partial charge in [0.2, 0.25) is 0 Å². The van der Waals surface area contributed by atoms with E-state index in [1.807, 2.05) is 0 Å². The predicted molar refractivity (Wildman–Crippen MR) is 81.7 cm³/mol. The number of aliphatic hydroxyl groups excluding tert-OH is 1. The second-order valence-electron chi connectivity index (χ2n) is 7.14. The van der Waals surface area contributed by atoms with E-state index in [0.717, 1.165) is 19.4 Å². The van der Waals surface area contributed by atoms with Crippen LogP contribution in [-0.2, 0) is 5.41 Å². The van der Waals surface area contributed by atoms with Crippen molar-refractivity contribution in [1.82, 2.24) is 0 Å². The number of hydrogen-bond acceptors (Lipinski definition) is 2. The first-order valence-corrected chi connectivity index (χ1v) is 7.32. The van der Waals surface area contributed by atoms with Gasteiger partial charge in [0.1, 0.15) is 0 Å². The number of benzene rings is 1. The van der Waals surface area contributed by atoms with Crippen molar-refractivity contribution in [3.63, 3.8) is 0 Å². The number of nitrogens with one attached hydrogen (secondary N) is 1. The second-order valence-corrected chi connectivity index (χ2v) is 7.14. The van der Waals surface area contributed by atoms with Gasteiger partial charge in [0.15, 0.2) is 0 Å². The Kier molecular flexibility index (Phi) is 3.91. The van der Waals surface area contributed by atoms with E-state index in [1.165, 1.54) is 23.2 Å². The molecule has 1 aromatic carbocycles. The van der Waals surface area contributed by atoms with Crippen LogP contribution >= 0.6 is 0 Å². The maximum absolute atomic E-state index is 9.49. The quantitative estimate of drug-likeness (QED) is 0.862. The number of rotatable bonds is 4. The van der Waals surface area contributed by atoms with Crippen LogP contribution in [0.1, 0.15) is 51.2 Å². The maximum Gasteiger partial charge on any atom is 0.0504 e. The molecule has 2 rings (SSSR count). The van der Waals surface area contributed by atoms with Gasteiger partial charge in [0, 0.05) is 17.6 Å². The van der Waals surface area contributed by atoms with Crippen LogP contribution in [0.5, 0.6) is 0 Å². The molecule has 0 unspecified atom stereocenters. The molecule has 0 aromatic heterocycles. The third kappa shape index (κ3) is 3.11. The molecule has 2 nitrogen and oxygen atoms in total. The van der Waals surface area contributed by atoms with Gasteiger partial charge in [-0.25, -0.2) is 0 Å². The van der Waals surface area contributed by atoms with Gasteiger partial charge >= 0.3 is 0 Å². The van der Waals surface area contributed by atoms with E-state index >= 15 is 0 Å². The number of hydrogen-bond donors (Lipinski definition) is 2. The van der Waals surface area contributed by atoms with Crippen molar-refractivity contribution in [2.45, 2.75) is 52.4 Å². The lowest BCUT2D eigenvalue weighted by molar-refractivity contribution is 0.0576. The molecule has 0 spiro atoms. The lowest BCUT2D eigenvalue weighted by Gasteiger charge is -2.40. The van der Waals surface area contributed by atoms with Gasteiger partial charge in [-0.1, -0.05) is 39.3 Å². The summed E-state index contributed by atoms with van der Waals surface area (Å²) in [4.78, 5) is 0. The molecule has 1 aliphatic carbocycles. The van der Waals surface area contributed by atoms with Crippen molar-refractivity contribution < 1.29 is 5.11 Å². The lowest BCUT2D eigenvalue weighted by Crippen LogP contribution is -2.39. The summed E-state index contributed by atoms with van der Waals surface area (Å²) < 4.78 is 0. The van der Waals surface area contributed by atoms with Crippen molar-refractivity contribution >= 4 is 5.69 Å². The van der Waals surface area contributed by atoms with Crippen LogP contribution in [0.2, 0.25) is 0 Å². The van der Waals surface area contributed by atoms with Crippen LogP contribution in [0.15, 0.2) is 18.2 Å². The van der Waals surface area contributed by atoms with Crippen molar-refractivity contribution in [3.8, 4) is 0 Å². The molecule has 0 heterocycles. The molecular weight excluding hydrogens is 234 g/mol. The van der Waals surface area contributed by atoms with Gasteiger partial charge in [0.25, 0.3) is 0 Å². The van der Waals surface area contributed by atoms with Crippen LogP contribution in [0.4, 0.5) is 5.69 Å². The van der Waals surface area contributed by atoms with Gasteiger partial charge < -0.3 is 10.4 Å². The summed E-state index contributed by atoms with van der Waals surface area (Å²) in [6.45, 7) is 10.1. The molecule has 2 heteroatoms. The molecule has 0 bridgehead atoms. The minimum atomic E-state index is 0.134. The highest BCUT2D eigenvalue weighted by molar-refractivity contribution is 5.53. The third-order valence-corrected chi connectivity index (χ3v) is 4.50. The maximum atomic E-state index is 9.49. The summed E-state index contributed by atoms with van der Waals surface area (Å²) in [5, 5.41) is 13.0. The fourth-order valence-corrected chi connectivity index (χ4v) is 2.68. The summed E-state index contributed by atoms with van der Waals surface area (Å²) >= 11 is 0. The van der Waals surface area contributed by atoms with E-state index in [9.17, 15) is 5.11 Å². The molecule has 1 fully saturated rings. The van der Waals surface area contributed by atoms with Crippen molar-refractivity contribution in [2.24, 2.45) is 5.41 Å². The summed E-state index contributed by atoms with van der Waals surface area (Å²) in [7, 11) is 0. The molecule has 19 heavy (non-hydrogen) atoms. The number of aryl methyl sites for hydroxylation is 1. The first-order chi connectivity index (χ1) is 8.86. The topological polar surface area (TPSA) is 32.3 Å².